The molecule has 0 unspecified atom stereocenters. The summed E-state index contributed by atoms with van der Waals surface area (Å²) in [6, 6.07) is 2.08. The van der Waals surface area contributed by atoms with Crippen LogP contribution in [0.2, 0.25) is 0 Å². The van der Waals surface area contributed by atoms with E-state index in [4.69, 9.17) is 5.26 Å². The van der Waals surface area contributed by atoms with Crippen LogP contribution in [0.15, 0.2) is 18.2 Å². The van der Waals surface area contributed by atoms with E-state index >= 15 is 0 Å². The molecule has 0 spiro atoms. The number of rotatable bonds is 7. The van der Waals surface area contributed by atoms with E-state index in [-0.39, 0.29) is 37.7 Å². The molecule has 0 aliphatic carbocycles. The van der Waals surface area contributed by atoms with Crippen molar-refractivity contribution in [2.24, 2.45) is 11.8 Å². The summed E-state index contributed by atoms with van der Waals surface area (Å²) in [6.45, 7) is 3.28. The van der Waals surface area contributed by atoms with E-state index in [2.05, 4.69) is 5.32 Å². The fraction of sp³-hybridized carbons (Fsp3) is 0.609. The lowest BCUT2D eigenvalue weighted by Gasteiger charge is -2.41. The molecule has 2 heterocycles. The number of halogens is 4. The molecule has 2 aliphatic rings. The third kappa shape index (κ3) is 6.22. The Kier molecular flexibility index (Phi) is 8.50. The Bertz CT molecular complexity index is 1180. The quantitative estimate of drug-likeness (QED) is 0.527. The van der Waals surface area contributed by atoms with Gasteiger partial charge in [-0.15, -0.1) is 0 Å². The van der Waals surface area contributed by atoms with Crippen LogP contribution in [0.1, 0.15) is 43.9 Å². The first-order valence-corrected chi connectivity index (χ1v) is 13.1. The van der Waals surface area contributed by atoms with Gasteiger partial charge in [-0.05, 0) is 38.8 Å². The third-order valence-corrected chi connectivity index (χ3v) is 8.81. The summed E-state index contributed by atoms with van der Waals surface area (Å²) in [7, 11) is -2.40. The molecule has 2 amide bonds. The zero-order chi connectivity index (χ0) is 27.7. The lowest BCUT2D eigenvalue weighted by molar-refractivity contribution is -0.142. The highest BCUT2D eigenvalue weighted by Crippen LogP contribution is 2.31. The summed E-state index contributed by atoms with van der Waals surface area (Å²) in [6.07, 6.45) is -3.83. The van der Waals surface area contributed by atoms with Gasteiger partial charge in [-0.25, -0.2) is 4.39 Å². The second-order valence-corrected chi connectivity index (χ2v) is 11.4. The van der Waals surface area contributed by atoms with Crippen molar-refractivity contribution >= 4 is 22.0 Å². The molecule has 37 heavy (non-hydrogen) atoms. The summed E-state index contributed by atoms with van der Waals surface area (Å²) in [5.41, 5.74) is -1.28. The van der Waals surface area contributed by atoms with Gasteiger partial charge in [0.2, 0.25) is 11.8 Å². The van der Waals surface area contributed by atoms with Gasteiger partial charge in [-0.3, -0.25) is 9.59 Å². The Morgan fingerprint density at radius 3 is 2.41 bits per heavy atom. The van der Waals surface area contributed by atoms with Gasteiger partial charge >= 0.3 is 6.18 Å². The van der Waals surface area contributed by atoms with E-state index < -0.39 is 57.6 Å². The number of nitrogens with one attached hydrogen (secondary N) is 1. The number of piperidine rings is 1. The normalized spacial score (nSPS) is 21.4. The topological polar surface area (TPSA) is 114 Å². The average molecular weight is 548 g/mol. The molecule has 1 N–H and O–H groups in total. The molecule has 1 aromatic rings. The lowest BCUT2D eigenvalue weighted by Crippen LogP contribution is -2.57. The number of carbonyl (C=O) groups is 2. The molecule has 1 aromatic carbocycles. The van der Waals surface area contributed by atoms with E-state index in [0.29, 0.717) is 18.9 Å². The fourth-order valence-electron chi connectivity index (χ4n) is 4.35. The molecule has 3 atom stereocenters. The van der Waals surface area contributed by atoms with Crippen molar-refractivity contribution in [1.82, 2.24) is 18.8 Å². The smallest absolute Gasteiger partial charge is 0.348 e. The van der Waals surface area contributed by atoms with E-state index in [1.807, 2.05) is 6.07 Å². The van der Waals surface area contributed by atoms with Gasteiger partial charge in [0.15, 0.2) is 0 Å². The molecule has 0 aromatic heterocycles. The highest BCUT2D eigenvalue weighted by atomic mass is 32.2. The first-order valence-electron chi connectivity index (χ1n) is 11.7. The molecule has 2 fully saturated rings. The Hall–Kier alpha value is -2.76. The first kappa shape index (κ1) is 28.8. The molecule has 3 rings (SSSR count). The third-order valence-electron chi connectivity index (χ3n) is 6.88. The minimum atomic E-state index is -4.70. The van der Waals surface area contributed by atoms with Crippen molar-refractivity contribution in [3.8, 4) is 6.07 Å². The van der Waals surface area contributed by atoms with Crippen LogP contribution in [0, 0.1) is 29.0 Å². The zero-order valence-corrected chi connectivity index (χ0v) is 21.4. The van der Waals surface area contributed by atoms with Gasteiger partial charge in [0.05, 0.1) is 29.5 Å². The Morgan fingerprint density at radius 2 is 1.84 bits per heavy atom. The molecule has 9 nitrogen and oxygen atoms in total. The van der Waals surface area contributed by atoms with Crippen molar-refractivity contribution in [2.45, 2.75) is 44.9 Å². The summed E-state index contributed by atoms with van der Waals surface area (Å²) in [5, 5.41) is 11.4. The number of carbonyl (C=O) groups excluding carboxylic acids is 2. The van der Waals surface area contributed by atoms with Crippen molar-refractivity contribution in [3.05, 3.63) is 35.1 Å². The number of nitriles is 1. The molecule has 204 valence electrons. The summed E-state index contributed by atoms with van der Waals surface area (Å²) < 4.78 is 80.7. The van der Waals surface area contributed by atoms with Crippen LogP contribution in [0.25, 0.3) is 0 Å². The van der Waals surface area contributed by atoms with E-state index in [1.165, 1.54) is 34.4 Å². The highest BCUT2D eigenvalue weighted by molar-refractivity contribution is 7.86. The van der Waals surface area contributed by atoms with Crippen molar-refractivity contribution < 1.29 is 35.6 Å². The summed E-state index contributed by atoms with van der Waals surface area (Å²) in [5.74, 6) is -3.23. The van der Waals surface area contributed by atoms with Crippen molar-refractivity contribution in [2.75, 3.05) is 33.2 Å². The van der Waals surface area contributed by atoms with Crippen LogP contribution in [0.5, 0.6) is 0 Å². The molecule has 14 heteroatoms. The number of alkyl halides is 3. The first-order chi connectivity index (χ1) is 17.2. The Labute approximate surface area is 213 Å². The number of nitrogens with zero attached hydrogens (tertiary/aromatic N) is 4. The van der Waals surface area contributed by atoms with Gasteiger partial charge in [0.25, 0.3) is 10.2 Å². The van der Waals surface area contributed by atoms with Crippen LogP contribution in [0.3, 0.4) is 0 Å². The summed E-state index contributed by atoms with van der Waals surface area (Å²) in [4.78, 5) is 27.1. The van der Waals surface area contributed by atoms with Gasteiger partial charge in [0.1, 0.15) is 11.9 Å². The minimum absolute atomic E-state index is 0.0548. The van der Waals surface area contributed by atoms with Crippen LogP contribution in [-0.4, -0.2) is 73.0 Å². The van der Waals surface area contributed by atoms with Crippen LogP contribution >= 0.6 is 0 Å². The summed E-state index contributed by atoms with van der Waals surface area (Å²) >= 11 is 0. The van der Waals surface area contributed by atoms with Crippen molar-refractivity contribution in [1.29, 1.82) is 5.26 Å². The Morgan fingerprint density at radius 1 is 1.19 bits per heavy atom. The highest BCUT2D eigenvalue weighted by Gasteiger charge is 2.42. The largest absolute Gasteiger partial charge is 0.416 e. The number of benzene rings is 1. The SMILES string of the molecule is C[C@H](C(=O)N[C@H](C)c1ccc(C(F)(F)F)cc1F)N(C)C(=O)[C@H]1CCCN(S(=O)(=O)N2CC(C#N)C2)C1. The van der Waals surface area contributed by atoms with Crippen molar-refractivity contribution in [3.63, 3.8) is 0 Å². The molecular formula is C23H29F4N5O4S. The van der Waals surface area contributed by atoms with Gasteiger partial charge < -0.3 is 10.2 Å². The fourth-order valence-corrected chi connectivity index (χ4v) is 6.14. The monoisotopic (exact) mass is 547 g/mol. The van der Waals surface area contributed by atoms with Crippen LogP contribution < -0.4 is 5.32 Å². The molecular weight excluding hydrogens is 518 g/mol. The maximum Gasteiger partial charge on any atom is 0.416 e. The molecule has 0 saturated carbocycles. The number of amides is 2. The second kappa shape index (κ2) is 10.9. The standard InChI is InChI=1S/C23H29F4N5O4S/c1-14(19-7-6-18(9-20(19)24)23(25,26)27)29-21(33)15(2)30(3)22(34)17-5-4-8-31(13-17)37(35,36)32-11-16(10-28)12-32/h6-7,9,14-17H,4-5,8,11-13H2,1-3H3,(H,29,33)/t14-,15-,17+/m1/s1. The Balaban J connectivity index is 1.61. The maximum absolute atomic E-state index is 14.3. The minimum Gasteiger partial charge on any atom is -0.348 e. The van der Waals surface area contributed by atoms with Gasteiger partial charge in [-0.2, -0.15) is 35.5 Å². The lowest BCUT2D eigenvalue weighted by atomic mass is 9.97. The van der Waals surface area contributed by atoms with Gasteiger partial charge in [0, 0.05) is 38.8 Å². The van der Waals surface area contributed by atoms with E-state index in [1.54, 1.807) is 0 Å². The number of likely N-dealkylation sites (N-methyl/N-ethyl adjacent to an activating group) is 1. The molecule has 2 aliphatic heterocycles. The predicted octanol–water partition coefficient (Wildman–Crippen LogP) is 2.28. The number of hydrogen-bond donors (Lipinski definition) is 1. The zero-order valence-electron chi connectivity index (χ0n) is 20.6. The maximum atomic E-state index is 14.3. The average Bonchev–Trinajstić information content (AvgIpc) is 2.81. The van der Waals surface area contributed by atoms with Crippen LogP contribution in [-0.2, 0) is 26.0 Å². The number of hydrogen-bond acceptors (Lipinski definition) is 5. The van der Waals surface area contributed by atoms with Gasteiger partial charge in [-0.1, -0.05) is 6.07 Å². The molecule has 0 bridgehead atoms. The van der Waals surface area contributed by atoms with E-state index in [9.17, 15) is 35.6 Å². The van der Waals surface area contributed by atoms with E-state index in [0.717, 1.165) is 12.1 Å². The predicted molar refractivity (Wildman–Crippen MR) is 124 cm³/mol. The second-order valence-electron chi connectivity index (χ2n) is 9.44. The molecule has 0 radical (unpaired) electrons. The van der Waals surface area contributed by atoms with Crippen LogP contribution in [0.4, 0.5) is 17.6 Å². The molecule has 2 saturated heterocycles.